The van der Waals surface area contributed by atoms with Gasteiger partial charge in [-0.1, -0.05) is 99.0 Å². The molecule has 0 aliphatic carbocycles. The van der Waals surface area contributed by atoms with Crippen molar-refractivity contribution in [3.63, 3.8) is 0 Å². The predicted molar refractivity (Wildman–Crippen MR) is 197 cm³/mol. The number of hydrogen-bond donors (Lipinski definition) is 0. The summed E-state index contributed by atoms with van der Waals surface area (Å²) >= 11 is 0. The molecule has 6 aromatic rings. The highest BCUT2D eigenvalue weighted by Crippen LogP contribution is 2.41. The largest absolute Gasteiger partial charge is 0.311 e. The minimum Gasteiger partial charge on any atom is -0.311 e. The number of nitriles is 1. The highest BCUT2D eigenvalue weighted by atomic mass is 28.3. The first-order chi connectivity index (χ1) is 22.3. The lowest BCUT2D eigenvalue weighted by Gasteiger charge is -2.41. The van der Waals surface area contributed by atoms with Gasteiger partial charge in [0.2, 0.25) is 0 Å². The molecule has 0 spiro atoms. The van der Waals surface area contributed by atoms with E-state index in [1.165, 1.54) is 43.5 Å². The van der Waals surface area contributed by atoms with E-state index >= 15 is 0 Å². The second kappa shape index (κ2) is 10.4. The Morgan fingerprint density at radius 1 is 0.543 bits per heavy atom. The highest BCUT2D eigenvalue weighted by molar-refractivity contribution is 7.03. The van der Waals surface area contributed by atoms with E-state index in [1.54, 1.807) is 0 Å². The van der Waals surface area contributed by atoms with Gasteiger partial charge in [0.1, 0.15) is 22.0 Å². The van der Waals surface area contributed by atoms with Crippen LogP contribution >= 0.6 is 0 Å². The van der Waals surface area contributed by atoms with Crippen molar-refractivity contribution < 1.29 is 0 Å². The molecule has 2 aliphatic rings. The van der Waals surface area contributed by atoms with Crippen LogP contribution in [0, 0.1) is 11.3 Å². The number of fused-ring (bicyclic) bond motifs is 4. The van der Waals surface area contributed by atoms with Gasteiger partial charge in [0, 0.05) is 45.8 Å². The van der Waals surface area contributed by atoms with Crippen LogP contribution in [0.5, 0.6) is 0 Å². The van der Waals surface area contributed by atoms with Crippen molar-refractivity contribution in [1.82, 2.24) is 4.98 Å². The fourth-order valence-electron chi connectivity index (χ4n) is 7.55. The predicted octanol–water partition coefficient (Wildman–Crippen LogP) is 7.83. The van der Waals surface area contributed by atoms with Crippen LogP contribution in [0.2, 0.25) is 26.2 Å². The van der Waals surface area contributed by atoms with E-state index < -0.39 is 16.1 Å². The van der Waals surface area contributed by atoms with Crippen LogP contribution in [0.25, 0.3) is 11.1 Å². The van der Waals surface area contributed by atoms with E-state index in [1.807, 2.05) is 12.3 Å². The number of benzene rings is 5. The molecule has 0 amide bonds. The molecule has 0 saturated carbocycles. The molecule has 4 nitrogen and oxygen atoms in total. The summed E-state index contributed by atoms with van der Waals surface area (Å²) in [6.07, 6.45) is 1.92. The summed E-state index contributed by atoms with van der Waals surface area (Å²) in [4.78, 5) is 9.71. The van der Waals surface area contributed by atoms with Gasteiger partial charge in [0.25, 0.3) is 0 Å². The lowest BCUT2D eigenvalue weighted by molar-refractivity contribution is 1.18. The Bertz CT molecular complexity index is 2100. The third-order valence-electron chi connectivity index (χ3n) is 9.94. The van der Waals surface area contributed by atoms with Gasteiger partial charge in [-0.25, -0.2) is 4.98 Å². The molecule has 3 heterocycles. The van der Waals surface area contributed by atoms with Gasteiger partial charge < -0.3 is 4.90 Å². The van der Waals surface area contributed by atoms with Crippen LogP contribution in [0.4, 0.5) is 34.3 Å². The second-order valence-corrected chi connectivity index (χ2v) is 21.9. The molecule has 1 aromatic heterocycles. The number of rotatable bonds is 3. The van der Waals surface area contributed by atoms with Crippen LogP contribution in [-0.4, -0.2) is 21.1 Å². The maximum absolute atomic E-state index is 10.2. The summed E-state index contributed by atoms with van der Waals surface area (Å²) in [6.45, 7) is 9.72. The maximum atomic E-state index is 10.2. The number of para-hydroxylation sites is 4. The fraction of sp³-hybridized carbons (Fsp3) is 0.100. The Balaban J connectivity index is 1.24. The van der Waals surface area contributed by atoms with Gasteiger partial charge in [0.05, 0.1) is 11.6 Å². The Labute approximate surface area is 272 Å². The lowest BCUT2D eigenvalue weighted by atomic mass is 10.00. The Morgan fingerprint density at radius 2 is 1.00 bits per heavy atom. The van der Waals surface area contributed by atoms with E-state index in [4.69, 9.17) is 4.98 Å². The molecule has 0 fully saturated rings. The van der Waals surface area contributed by atoms with Gasteiger partial charge in [-0.05, 0) is 75.3 Å². The Morgan fingerprint density at radius 3 is 1.43 bits per heavy atom. The molecule has 0 radical (unpaired) electrons. The molecular formula is C40H34N4Si2. The average molecular weight is 627 g/mol. The van der Waals surface area contributed by atoms with Crippen molar-refractivity contribution in [1.29, 1.82) is 5.26 Å². The molecule has 222 valence electrons. The number of aromatic nitrogens is 1. The average Bonchev–Trinajstić information content (AvgIpc) is 3.09. The van der Waals surface area contributed by atoms with Crippen molar-refractivity contribution in [2.75, 3.05) is 9.80 Å². The van der Waals surface area contributed by atoms with Gasteiger partial charge >= 0.3 is 0 Å². The van der Waals surface area contributed by atoms with Crippen molar-refractivity contribution in [2.45, 2.75) is 26.2 Å². The van der Waals surface area contributed by atoms with Crippen LogP contribution in [0.15, 0.2) is 134 Å². The van der Waals surface area contributed by atoms with Crippen molar-refractivity contribution in [3.8, 4) is 17.2 Å². The lowest BCUT2D eigenvalue weighted by Crippen LogP contribution is -2.58. The minimum absolute atomic E-state index is 0.632. The highest BCUT2D eigenvalue weighted by Gasteiger charge is 2.39. The SMILES string of the molecule is C[Si]1(C)c2ccccc2N(c2ccc(C#N)c(-c3ccc(N4c5ccccc5[Si](C)(C)c5ccccc54)nc3)c2)c2ccccc21. The van der Waals surface area contributed by atoms with Gasteiger partial charge in [-0.3, -0.25) is 4.90 Å². The first-order valence-electron chi connectivity index (χ1n) is 15.8. The third-order valence-corrected chi connectivity index (χ3v) is 17.0. The molecular weight excluding hydrogens is 593 g/mol. The first-order valence-corrected chi connectivity index (χ1v) is 21.8. The molecule has 8 rings (SSSR count). The van der Waals surface area contributed by atoms with E-state index in [-0.39, 0.29) is 0 Å². The van der Waals surface area contributed by atoms with Crippen LogP contribution < -0.4 is 30.5 Å². The first kappa shape index (κ1) is 28.3. The third kappa shape index (κ3) is 4.13. The summed E-state index contributed by atoms with van der Waals surface area (Å²) in [5.74, 6) is 0.869. The van der Waals surface area contributed by atoms with Crippen LogP contribution in [0.3, 0.4) is 0 Å². The second-order valence-electron chi connectivity index (χ2n) is 13.2. The summed E-state index contributed by atoms with van der Waals surface area (Å²) in [5.41, 5.74) is 8.31. The van der Waals surface area contributed by atoms with Gasteiger partial charge in [-0.2, -0.15) is 5.26 Å². The Hall–Kier alpha value is -5.23. The van der Waals surface area contributed by atoms with Crippen molar-refractivity contribution >= 4 is 71.1 Å². The quantitative estimate of drug-likeness (QED) is 0.188. The maximum Gasteiger partial charge on any atom is 0.137 e. The zero-order valence-electron chi connectivity index (χ0n) is 26.5. The molecule has 0 N–H and O–H groups in total. The number of hydrogen-bond acceptors (Lipinski definition) is 4. The van der Waals surface area contributed by atoms with Crippen LogP contribution in [-0.2, 0) is 0 Å². The summed E-state index contributed by atoms with van der Waals surface area (Å²) < 4.78 is 0. The number of pyridine rings is 1. The van der Waals surface area contributed by atoms with E-state index in [0.29, 0.717) is 5.56 Å². The molecule has 5 aromatic carbocycles. The number of nitrogens with zero attached hydrogens (tertiary/aromatic N) is 4. The van der Waals surface area contributed by atoms with E-state index in [2.05, 4.69) is 163 Å². The van der Waals surface area contributed by atoms with E-state index in [9.17, 15) is 5.26 Å². The van der Waals surface area contributed by atoms with Gasteiger partial charge in [0.15, 0.2) is 0 Å². The molecule has 6 heteroatoms. The minimum atomic E-state index is -1.89. The summed E-state index contributed by atoms with van der Waals surface area (Å²) in [6, 6.07) is 47.9. The van der Waals surface area contributed by atoms with Crippen LogP contribution in [0.1, 0.15) is 5.56 Å². The van der Waals surface area contributed by atoms with Crippen molar-refractivity contribution in [3.05, 3.63) is 139 Å². The molecule has 2 aliphatic heterocycles. The standard InChI is InChI=1S/C40H34N4Si2/c1-45(2)36-17-9-5-13-32(36)43(33-14-6-10-18-37(33)45)30-23-21-28(26-41)31(25-30)29-22-24-40(42-27-29)44-34-15-7-11-19-38(34)46(3,4)39-20-12-8-16-35(39)44/h5-25,27H,1-4H3. The zero-order valence-corrected chi connectivity index (χ0v) is 28.5. The Kier molecular flexibility index (Phi) is 6.40. The normalized spacial score (nSPS) is 15.2. The molecule has 46 heavy (non-hydrogen) atoms. The van der Waals surface area contributed by atoms with E-state index in [0.717, 1.165) is 22.6 Å². The fourth-order valence-corrected chi connectivity index (χ4v) is 13.5. The summed E-state index contributed by atoms with van der Waals surface area (Å²) in [5, 5.41) is 15.9. The number of anilines is 6. The molecule has 0 atom stereocenters. The van der Waals surface area contributed by atoms with Gasteiger partial charge in [-0.15, -0.1) is 0 Å². The van der Waals surface area contributed by atoms with Crippen molar-refractivity contribution in [2.24, 2.45) is 0 Å². The molecule has 0 saturated heterocycles. The molecule has 0 unspecified atom stereocenters. The monoisotopic (exact) mass is 626 g/mol. The zero-order chi connectivity index (χ0) is 31.6. The smallest absolute Gasteiger partial charge is 0.137 e. The topological polar surface area (TPSA) is 43.2 Å². The summed E-state index contributed by atoms with van der Waals surface area (Å²) in [7, 11) is -3.76. The molecule has 0 bridgehead atoms.